The van der Waals surface area contributed by atoms with Gasteiger partial charge in [-0.25, -0.2) is 4.98 Å². The van der Waals surface area contributed by atoms with Crippen LogP contribution in [0.1, 0.15) is 28.9 Å². The van der Waals surface area contributed by atoms with Crippen molar-refractivity contribution in [2.45, 2.75) is 19.8 Å². The second-order valence-electron chi connectivity index (χ2n) is 6.94. The van der Waals surface area contributed by atoms with Crippen LogP contribution >= 0.6 is 11.3 Å². The molecule has 0 saturated heterocycles. The van der Waals surface area contributed by atoms with Crippen molar-refractivity contribution in [3.63, 3.8) is 0 Å². The van der Waals surface area contributed by atoms with Crippen LogP contribution in [0.25, 0.3) is 0 Å². The van der Waals surface area contributed by atoms with Gasteiger partial charge in [-0.3, -0.25) is 25.0 Å². The smallest absolute Gasteiger partial charge is 0.348 e. The van der Waals surface area contributed by atoms with E-state index in [0.29, 0.717) is 45.3 Å². The van der Waals surface area contributed by atoms with E-state index < -0.39 is 10.8 Å². The number of amides is 2. The molecule has 0 saturated carbocycles. The Hall–Kier alpha value is -2.97. The molecule has 34 heavy (non-hydrogen) atoms. The average Bonchev–Trinajstić information content (AvgIpc) is 3.18. The molecule has 0 unspecified atom stereocenters. The molecule has 186 valence electrons. The molecule has 2 amide bonds. The Balaban J connectivity index is 1.73. The van der Waals surface area contributed by atoms with E-state index in [1.165, 1.54) is 13.0 Å². The first-order valence-electron chi connectivity index (χ1n) is 10.7. The van der Waals surface area contributed by atoms with Crippen LogP contribution in [-0.4, -0.2) is 67.9 Å². The van der Waals surface area contributed by atoms with Crippen molar-refractivity contribution in [1.29, 1.82) is 0 Å². The number of carbonyl (C=O) groups is 2. The van der Waals surface area contributed by atoms with Gasteiger partial charge in [-0.1, -0.05) is 12.1 Å². The van der Waals surface area contributed by atoms with Crippen LogP contribution in [0.3, 0.4) is 0 Å². The summed E-state index contributed by atoms with van der Waals surface area (Å²) in [6.07, 6.45) is 0.870. The zero-order valence-corrected chi connectivity index (χ0v) is 19.7. The van der Waals surface area contributed by atoms with Crippen LogP contribution < -0.4 is 16.4 Å². The summed E-state index contributed by atoms with van der Waals surface area (Å²) in [7, 11) is 0. The predicted octanol–water partition coefficient (Wildman–Crippen LogP) is 2.34. The topological polar surface area (TPSA) is 168 Å². The Bertz CT molecular complexity index is 953. The molecule has 4 N–H and O–H groups in total. The van der Waals surface area contributed by atoms with E-state index in [1.807, 2.05) is 0 Å². The number of aryl methyl sites for hydroxylation is 1. The van der Waals surface area contributed by atoms with Crippen molar-refractivity contribution in [3.05, 3.63) is 45.6 Å². The third kappa shape index (κ3) is 9.49. The number of benzene rings is 1. The number of hydrogen-bond acceptors (Lipinski definition) is 10. The van der Waals surface area contributed by atoms with Gasteiger partial charge < -0.3 is 25.3 Å². The molecule has 12 nitrogen and oxygen atoms in total. The maximum atomic E-state index is 12.6. The molecule has 2 rings (SSSR count). The van der Waals surface area contributed by atoms with Crippen LogP contribution in [0.5, 0.6) is 0 Å². The van der Waals surface area contributed by atoms with Gasteiger partial charge in [-0.15, -0.1) is 0 Å². The maximum absolute atomic E-state index is 12.6. The quantitative estimate of drug-likeness (QED) is 0.180. The summed E-state index contributed by atoms with van der Waals surface area (Å²) < 4.78 is 16.0. The van der Waals surface area contributed by atoms with Gasteiger partial charge in [-0.2, -0.15) is 0 Å². The molecule has 0 bridgehead atoms. The van der Waals surface area contributed by atoms with Crippen molar-refractivity contribution in [1.82, 2.24) is 4.98 Å². The Labute approximate surface area is 200 Å². The van der Waals surface area contributed by atoms with Crippen LogP contribution in [0.15, 0.2) is 24.3 Å². The maximum Gasteiger partial charge on any atom is 0.348 e. The van der Waals surface area contributed by atoms with E-state index in [1.54, 1.807) is 18.2 Å². The first-order valence-corrected chi connectivity index (χ1v) is 11.5. The summed E-state index contributed by atoms with van der Waals surface area (Å²) in [5.41, 5.74) is 6.06. The molecule has 0 fully saturated rings. The average molecular weight is 496 g/mol. The van der Waals surface area contributed by atoms with E-state index in [2.05, 4.69) is 15.6 Å². The van der Waals surface area contributed by atoms with Crippen LogP contribution in [0, 0.1) is 17.0 Å². The zero-order chi connectivity index (χ0) is 24.8. The lowest BCUT2D eigenvalue weighted by Crippen LogP contribution is -2.19. The summed E-state index contributed by atoms with van der Waals surface area (Å²) in [5, 5.41) is 16.2. The van der Waals surface area contributed by atoms with Crippen molar-refractivity contribution in [2.75, 3.05) is 56.8 Å². The second-order valence-corrected chi connectivity index (χ2v) is 7.92. The number of nitro groups is 1. The molecule has 0 spiro atoms. The number of aromatic nitrogens is 1. The monoisotopic (exact) mass is 495 g/mol. The molecule has 0 aliphatic heterocycles. The lowest BCUT2D eigenvalue weighted by Gasteiger charge is -2.11. The Morgan fingerprint density at radius 1 is 1.06 bits per heavy atom. The van der Waals surface area contributed by atoms with Gasteiger partial charge in [0, 0.05) is 19.8 Å². The minimum atomic E-state index is -0.551. The molecular weight excluding hydrogens is 466 g/mol. The van der Waals surface area contributed by atoms with Gasteiger partial charge in [-0.05, 0) is 36.8 Å². The fourth-order valence-corrected chi connectivity index (χ4v) is 3.49. The molecular formula is C21H29N5O7S. The third-order valence-corrected chi connectivity index (χ3v) is 5.31. The molecule has 0 atom stereocenters. The van der Waals surface area contributed by atoms with Gasteiger partial charge in [0.2, 0.25) is 5.91 Å². The predicted molar refractivity (Wildman–Crippen MR) is 127 cm³/mol. The molecule has 2 aromatic rings. The minimum absolute atomic E-state index is 0.0980. The Kier molecular flexibility index (Phi) is 12.1. The normalized spacial score (nSPS) is 10.8. The van der Waals surface area contributed by atoms with Crippen molar-refractivity contribution in [3.8, 4) is 0 Å². The van der Waals surface area contributed by atoms with Crippen molar-refractivity contribution < 1.29 is 28.7 Å². The van der Waals surface area contributed by atoms with Crippen LogP contribution in [-0.2, 0) is 19.0 Å². The minimum Gasteiger partial charge on any atom is -0.380 e. The van der Waals surface area contributed by atoms with Gasteiger partial charge in [0.15, 0.2) is 5.13 Å². The number of para-hydroxylation sites is 1. The summed E-state index contributed by atoms with van der Waals surface area (Å²) in [6.45, 7) is 4.65. The molecule has 1 aromatic heterocycles. The number of anilines is 2. The van der Waals surface area contributed by atoms with Gasteiger partial charge in [0.25, 0.3) is 5.91 Å². The highest BCUT2D eigenvalue weighted by Gasteiger charge is 2.20. The third-order valence-electron chi connectivity index (χ3n) is 4.29. The number of ether oxygens (including phenoxy) is 3. The number of rotatable bonds is 16. The Morgan fingerprint density at radius 3 is 2.41 bits per heavy atom. The second kappa shape index (κ2) is 15.0. The lowest BCUT2D eigenvalue weighted by atomic mass is 10.1. The molecule has 13 heteroatoms. The van der Waals surface area contributed by atoms with Gasteiger partial charge in [0.1, 0.15) is 5.69 Å². The Morgan fingerprint density at radius 2 is 1.74 bits per heavy atom. The van der Waals surface area contributed by atoms with E-state index in [9.17, 15) is 19.7 Å². The highest BCUT2D eigenvalue weighted by Crippen LogP contribution is 2.30. The van der Waals surface area contributed by atoms with E-state index >= 15 is 0 Å². The fourth-order valence-electron chi connectivity index (χ4n) is 2.71. The van der Waals surface area contributed by atoms with Crippen molar-refractivity contribution in [2.24, 2.45) is 5.73 Å². The molecule has 0 aliphatic rings. The molecule has 0 radical (unpaired) electrons. The first kappa shape index (κ1) is 27.3. The molecule has 0 aliphatic carbocycles. The fraction of sp³-hybridized carbons (Fsp3) is 0.476. The first-order chi connectivity index (χ1) is 16.4. The summed E-state index contributed by atoms with van der Waals surface area (Å²) in [4.78, 5) is 39.3. The molecule has 1 heterocycles. The number of nitrogens with zero attached hydrogens (tertiary/aromatic N) is 2. The molecule has 1 aromatic carbocycles. The number of thiazole rings is 1. The van der Waals surface area contributed by atoms with Gasteiger partial charge in [0.05, 0.1) is 49.0 Å². The SMILES string of the molecule is Cc1nc(NC(=O)c2ccccc2NC(=O)CCOCCOCCCOCCN)sc1[N+](=O)[O-]. The summed E-state index contributed by atoms with van der Waals surface area (Å²) >= 11 is 0.768. The summed E-state index contributed by atoms with van der Waals surface area (Å²) in [6, 6.07) is 6.45. The number of nitrogens with one attached hydrogen (secondary N) is 2. The van der Waals surface area contributed by atoms with E-state index in [4.69, 9.17) is 19.9 Å². The van der Waals surface area contributed by atoms with E-state index in [-0.39, 0.29) is 40.3 Å². The highest BCUT2D eigenvalue weighted by atomic mass is 32.1. The summed E-state index contributed by atoms with van der Waals surface area (Å²) in [5.74, 6) is -0.861. The standard InChI is InChI=1S/C21H29N5O7S/c1-15-20(26(29)30)34-21(23-15)25-19(28)16-5-2-3-6-17(16)24-18(27)7-11-33-14-13-32-10-4-9-31-12-8-22/h2-3,5-6H,4,7-14,22H2,1H3,(H,24,27)(H,23,25,28). The van der Waals surface area contributed by atoms with Crippen LogP contribution in [0.4, 0.5) is 15.8 Å². The zero-order valence-electron chi connectivity index (χ0n) is 18.9. The highest BCUT2D eigenvalue weighted by molar-refractivity contribution is 7.19. The van der Waals surface area contributed by atoms with E-state index in [0.717, 1.165) is 17.8 Å². The van der Waals surface area contributed by atoms with Crippen molar-refractivity contribution >= 4 is 39.0 Å². The number of hydrogen-bond donors (Lipinski definition) is 3. The largest absolute Gasteiger partial charge is 0.380 e. The number of nitrogens with two attached hydrogens (primary N) is 1. The lowest BCUT2D eigenvalue weighted by molar-refractivity contribution is -0.380. The van der Waals surface area contributed by atoms with Gasteiger partial charge >= 0.3 is 5.00 Å². The number of carbonyl (C=O) groups excluding carboxylic acids is 2. The van der Waals surface area contributed by atoms with Crippen LogP contribution in [0.2, 0.25) is 0 Å².